The molecule has 7 N–H and O–H groups in total. The Balaban J connectivity index is 0.000000172. The van der Waals surface area contributed by atoms with Crippen molar-refractivity contribution in [2.24, 2.45) is 0 Å². The Hall–Kier alpha value is -14.3. The van der Waals surface area contributed by atoms with Crippen molar-refractivity contribution in [2.75, 3.05) is 36.8 Å². The number of alkyl halides is 5. The molecule has 46 heteroatoms. The summed E-state index contributed by atoms with van der Waals surface area (Å²) in [5.74, 6) is -4.18. The van der Waals surface area contributed by atoms with Crippen LogP contribution in [0, 0.1) is 36.4 Å². The number of H-pyrrole nitrogens is 1. The molecule has 128 heavy (non-hydrogen) atoms. The minimum absolute atomic E-state index is 0.0151. The van der Waals surface area contributed by atoms with Crippen LogP contribution >= 0.6 is 10.7 Å². The minimum atomic E-state index is -4.98. The fourth-order valence-electron chi connectivity index (χ4n) is 11.1. The maximum Gasteiger partial charge on any atom is 0.471 e. The molecule has 6 heterocycles. The maximum absolute atomic E-state index is 13.4. The highest BCUT2D eigenvalue weighted by Gasteiger charge is 2.39. The quantitative estimate of drug-likeness (QED) is 0.0125. The lowest BCUT2D eigenvalue weighted by Crippen LogP contribution is -2.39. The van der Waals surface area contributed by atoms with Gasteiger partial charge in [0.05, 0.1) is 55.9 Å². The van der Waals surface area contributed by atoms with Crippen molar-refractivity contribution in [3.63, 3.8) is 0 Å². The molecule has 8 aromatic carbocycles. The lowest BCUT2D eigenvalue weighted by atomic mass is 9.95. The molecule has 0 saturated carbocycles. The van der Waals surface area contributed by atoms with E-state index < -0.39 is 99.0 Å². The Bertz CT molecular complexity index is 6470. The number of rotatable bonds is 30. The van der Waals surface area contributed by atoms with Crippen LogP contribution in [0.2, 0.25) is 0 Å². The number of nitrogens with zero attached hydrogens (tertiary/aromatic N) is 15. The molecule has 4 unspecified atom stereocenters. The van der Waals surface area contributed by atoms with E-state index in [9.17, 15) is 78.0 Å². The number of amides is 1. The van der Waals surface area contributed by atoms with E-state index in [1.807, 2.05) is 5.32 Å². The summed E-state index contributed by atoms with van der Waals surface area (Å²) >= 11 is 0. The molecular formula is C82H68ClF9N22O10S4. The molecule has 1 amide bonds. The zero-order valence-corrected chi connectivity index (χ0v) is 69.8. The lowest BCUT2D eigenvalue weighted by Gasteiger charge is -2.20. The standard InChI is InChI=1S/C21H17F3N6O3S.C20H17FN4O2S.C19H17FN8O2S.C16H12F4N4O.C6H5ClO2S/c22-15-8-6-13(7-9-15)17(12-27-34(31,32)16-4-2-1-3-5-16)28-21-25-10-14(11-26-21)19-29-30-20(33-19)18(23)24;1-22-18-13-23-20(24-14-18)11-16(15-7-9-17(21)10-8-15)12-25-28(26,27)19-5-3-2-4-6-19;20-15-8-6-13(7-9-15)17(12-23-31(29,30)16-4-2-1-3-5-16)24-19-21-10-14(11-22-19)18-25-27-28-26-18;1-21-13-8-22-14(23-9-13)6-11(7-24-15(25)16(18,19)20)10-2-4-12(17)5-3-10;7-10(8,9)6-4-2-1-3-5-6/h1-11,17-18,27H,12H2,(H,25,26,28);2-10,13-14,16,25H,11-12H2;1-11,17,23H,12H2,(H,21,22,24)(H,25,26,27,28);2-5,8-9,11H,6-7H2,(H,24,25);1-5H. The smallest absolute Gasteiger partial charge is 0.415 e. The minimum Gasteiger partial charge on any atom is -0.415 e. The van der Waals surface area contributed by atoms with Gasteiger partial charge in [-0.2, -0.15) is 27.2 Å². The number of sulfonamides is 3. The molecule has 660 valence electrons. The highest BCUT2D eigenvalue weighted by Crippen LogP contribution is 2.29. The van der Waals surface area contributed by atoms with Gasteiger partial charge in [-0.3, -0.25) is 24.7 Å². The van der Waals surface area contributed by atoms with Crippen LogP contribution < -0.4 is 30.1 Å². The average Bonchev–Trinajstić information content (AvgIpc) is 1.29. The molecule has 0 aliphatic heterocycles. The Morgan fingerprint density at radius 3 is 1.09 bits per heavy atom. The van der Waals surface area contributed by atoms with Crippen LogP contribution in [0.1, 0.15) is 70.1 Å². The van der Waals surface area contributed by atoms with Crippen molar-refractivity contribution < 1.29 is 82.4 Å². The maximum atomic E-state index is 13.4. The van der Waals surface area contributed by atoms with Crippen molar-refractivity contribution in [3.05, 3.63) is 354 Å². The summed E-state index contributed by atoms with van der Waals surface area (Å²) in [5, 5.41) is 28.2. The van der Waals surface area contributed by atoms with Crippen molar-refractivity contribution >= 4 is 79.0 Å². The summed E-state index contributed by atoms with van der Waals surface area (Å²) in [6.45, 7) is 13.5. The number of anilines is 2. The van der Waals surface area contributed by atoms with Gasteiger partial charge in [0.15, 0.2) is 0 Å². The molecule has 14 rings (SSSR count). The monoisotopic (exact) mass is 1850 g/mol. The summed E-state index contributed by atoms with van der Waals surface area (Å²) in [6.07, 6.45) is 3.59. The molecule has 32 nitrogen and oxygen atoms in total. The van der Waals surface area contributed by atoms with E-state index in [1.54, 1.807) is 97.1 Å². The Labute approximate surface area is 729 Å². The van der Waals surface area contributed by atoms with Gasteiger partial charge in [-0.1, -0.05) is 121 Å². The number of benzene rings is 8. The van der Waals surface area contributed by atoms with Crippen LogP contribution in [-0.2, 0) is 56.8 Å². The molecule has 0 fully saturated rings. The normalized spacial score (nSPS) is 12.3. The number of nitrogens with one attached hydrogen (secondary N) is 7. The van der Waals surface area contributed by atoms with Gasteiger partial charge in [-0.05, 0) is 125 Å². The molecule has 0 radical (unpaired) electrons. The van der Waals surface area contributed by atoms with E-state index in [2.05, 4.69) is 105 Å². The van der Waals surface area contributed by atoms with Gasteiger partial charge in [0.1, 0.15) is 34.9 Å². The number of carbonyl (C=O) groups excluding carboxylic acids is 1. The van der Waals surface area contributed by atoms with E-state index in [-0.39, 0.29) is 93.0 Å². The number of aromatic nitrogens is 14. The molecule has 6 aromatic heterocycles. The van der Waals surface area contributed by atoms with E-state index in [4.69, 9.17) is 28.2 Å². The summed E-state index contributed by atoms with van der Waals surface area (Å²) in [6, 6.07) is 52.9. The predicted octanol–water partition coefficient (Wildman–Crippen LogP) is 13.9. The molecule has 0 aliphatic carbocycles. The summed E-state index contributed by atoms with van der Waals surface area (Å²) in [5.41, 5.74) is 3.85. The van der Waals surface area contributed by atoms with Gasteiger partial charge < -0.3 is 20.4 Å². The van der Waals surface area contributed by atoms with Crippen molar-refractivity contribution in [1.82, 2.24) is 90.2 Å². The fourth-order valence-corrected chi connectivity index (χ4v) is 15.1. The van der Waals surface area contributed by atoms with Crippen molar-refractivity contribution in [1.29, 1.82) is 0 Å². The van der Waals surface area contributed by atoms with Crippen LogP contribution in [0.25, 0.3) is 32.5 Å². The first kappa shape index (κ1) is 95.9. The van der Waals surface area contributed by atoms with Crippen LogP contribution in [0.3, 0.4) is 0 Å². The molecule has 4 atom stereocenters. The predicted molar refractivity (Wildman–Crippen MR) is 447 cm³/mol. The van der Waals surface area contributed by atoms with E-state index in [0.29, 0.717) is 51.8 Å². The fraction of sp³-hybridized carbons (Fsp3) is 0.146. The van der Waals surface area contributed by atoms with Gasteiger partial charge in [0, 0.05) is 111 Å². The zero-order valence-electron chi connectivity index (χ0n) is 65.7. The lowest BCUT2D eigenvalue weighted by molar-refractivity contribution is -0.173. The highest BCUT2D eigenvalue weighted by molar-refractivity contribution is 8.13. The first-order chi connectivity index (χ1) is 61.2. The Kier molecular flexibility index (Phi) is 34.1. The van der Waals surface area contributed by atoms with E-state index in [1.165, 1.54) is 171 Å². The van der Waals surface area contributed by atoms with Crippen molar-refractivity contribution in [2.45, 2.75) is 68.9 Å². The second-order valence-electron chi connectivity index (χ2n) is 26.4. The number of hydrogen-bond donors (Lipinski definition) is 7. The third kappa shape index (κ3) is 29.7. The van der Waals surface area contributed by atoms with Gasteiger partial charge in [0.25, 0.3) is 20.8 Å². The third-order valence-corrected chi connectivity index (χ3v) is 23.2. The summed E-state index contributed by atoms with van der Waals surface area (Å²) in [7, 11) is -9.72. The van der Waals surface area contributed by atoms with Gasteiger partial charge >= 0.3 is 18.5 Å². The van der Waals surface area contributed by atoms with Gasteiger partial charge in [-0.25, -0.2) is 95.0 Å². The molecular weight excluding hydrogens is 1790 g/mol. The molecule has 0 saturated heterocycles. The SMILES string of the molecule is O=S(=O)(Cl)c1ccccc1.O=S(=O)(NCC(Nc1ncc(-c2nn[nH]n2)cn1)c1ccc(F)cc1)c1ccccc1.O=S(=O)(NCC(Nc1ncc(-c2nnc(C(F)F)o2)cn1)c1ccc(F)cc1)c1ccccc1.[C-]#[N+]c1cnc(CC(CNC(=O)C(F)(F)F)c2ccc(F)cc2)nc1.[C-]#[N+]c1cnc(CC(CNS(=O)(=O)c2ccccc2)c2ccc(F)cc2)nc1. The molecule has 0 aliphatic rings. The number of aromatic amines is 1. The molecule has 14 aromatic rings. The number of halogens is 10. The number of hydrogen-bond acceptors (Lipinski definition) is 25. The van der Waals surface area contributed by atoms with Crippen LogP contribution in [0.5, 0.6) is 0 Å². The zero-order chi connectivity index (χ0) is 91.9. The van der Waals surface area contributed by atoms with Crippen LogP contribution in [0.15, 0.2) is 292 Å². The Morgan fingerprint density at radius 1 is 0.430 bits per heavy atom. The number of carbonyl (C=O) groups is 1. The van der Waals surface area contributed by atoms with Gasteiger partial charge in [0.2, 0.25) is 59.2 Å². The second kappa shape index (κ2) is 45.5. The van der Waals surface area contributed by atoms with Crippen LogP contribution in [0.4, 0.5) is 62.8 Å². The Morgan fingerprint density at radius 2 is 0.773 bits per heavy atom. The average molecular weight is 1860 g/mol. The van der Waals surface area contributed by atoms with Crippen LogP contribution in [-0.4, -0.2) is 143 Å². The highest BCUT2D eigenvalue weighted by atomic mass is 35.7. The third-order valence-electron chi connectivity index (χ3n) is 17.5. The summed E-state index contributed by atoms with van der Waals surface area (Å²) in [4.78, 5) is 50.9. The van der Waals surface area contributed by atoms with E-state index in [0.717, 1.165) is 5.56 Å². The summed E-state index contributed by atoms with van der Waals surface area (Å²) < 4.78 is 225. The largest absolute Gasteiger partial charge is 0.471 e. The van der Waals surface area contributed by atoms with Gasteiger partial charge in [-0.15, -0.1) is 20.4 Å². The topological polar surface area (TPSA) is 431 Å². The molecule has 0 spiro atoms. The first-order valence-corrected chi connectivity index (χ1v) is 43.9. The van der Waals surface area contributed by atoms with Crippen molar-refractivity contribution in [3.8, 4) is 22.8 Å². The second-order valence-corrected chi connectivity index (χ2v) is 34.2. The molecule has 0 bridgehead atoms. The van der Waals surface area contributed by atoms with E-state index >= 15 is 0 Å². The first-order valence-electron chi connectivity index (χ1n) is 37.1. The number of tetrazole rings is 1.